The van der Waals surface area contributed by atoms with Gasteiger partial charge in [-0.25, -0.2) is 4.79 Å². The molecule has 6 nitrogen and oxygen atoms in total. The highest BCUT2D eigenvalue weighted by molar-refractivity contribution is 6.32. The second-order valence-corrected chi connectivity index (χ2v) is 5.31. The van der Waals surface area contributed by atoms with E-state index in [4.69, 9.17) is 16.7 Å². The Balaban J connectivity index is 2.01. The molecule has 0 bridgehead atoms. The lowest BCUT2D eigenvalue weighted by Crippen LogP contribution is -2.08. The minimum absolute atomic E-state index is 0.147. The van der Waals surface area contributed by atoms with Crippen molar-refractivity contribution in [3.8, 4) is 5.69 Å². The molecule has 0 amide bonds. The quantitative estimate of drug-likeness (QED) is 0.940. The molecule has 1 N–H and O–H groups in total. The van der Waals surface area contributed by atoms with Gasteiger partial charge in [0.25, 0.3) is 0 Å². The van der Waals surface area contributed by atoms with E-state index in [1.165, 1.54) is 25.0 Å². The lowest BCUT2D eigenvalue weighted by atomic mass is 10.1. The summed E-state index contributed by atoms with van der Waals surface area (Å²) < 4.78 is 1.62. The molecule has 0 saturated heterocycles. The smallest absolute Gasteiger partial charge is 0.335 e. The normalized spacial score (nSPS) is 15.7. The monoisotopic (exact) mass is 292 g/mol. The summed E-state index contributed by atoms with van der Waals surface area (Å²) in [6, 6.07) is 4.56. The van der Waals surface area contributed by atoms with Crippen LogP contribution in [0.15, 0.2) is 18.2 Å². The molecular formula is C13H13ClN4O2. The molecule has 0 unspecified atom stereocenters. The summed E-state index contributed by atoms with van der Waals surface area (Å²) in [5.74, 6) is 0.138. The first-order valence-electron chi connectivity index (χ1n) is 6.48. The lowest BCUT2D eigenvalue weighted by Gasteiger charge is -2.11. The lowest BCUT2D eigenvalue weighted by molar-refractivity contribution is 0.0697. The number of aromatic carboxylic acids is 1. The highest BCUT2D eigenvalue weighted by Crippen LogP contribution is 2.34. The van der Waals surface area contributed by atoms with E-state index >= 15 is 0 Å². The van der Waals surface area contributed by atoms with Gasteiger partial charge in [-0.05, 0) is 41.5 Å². The number of nitrogens with zero attached hydrogens (tertiary/aromatic N) is 4. The summed E-state index contributed by atoms with van der Waals surface area (Å²) >= 11 is 6.16. The maximum absolute atomic E-state index is 10.9. The second-order valence-electron chi connectivity index (χ2n) is 4.90. The van der Waals surface area contributed by atoms with Gasteiger partial charge < -0.3 is 5.11 Å². The van der Waals surface area contributed by atoms with E-state index in [1.807, 2.05) is 0 Å². The molecule has 1 saturated carbocycles. The van der Waals surface area contributed by atoms with Crippen LogP contribution in [-0.4, -0.2) is 31.3 Å². The fraction of sp³-hybridized carbons (Fsp3) is 0.385. The van der Waals surface area contributed by atoms with Gasteiger partial charge in [0.1, 0.15) is 0 Å². The first kappa shape index (κ1) is 13.1. The summed E-state index contributed by atoms with van der Waals surface area (Å²) in [6.45, 7) is 0. The molecule has 0 atom stereocenters. The van der Waals surface area contributed by atoms with Crippen molar-refractivity contribution in [2.24, 2.45) is 0 Å². The summed E-state index contributed by atoms with van der Waals surface area (Å²) in [7, 11) is 0. The van der Waals surface area contributed by atoms with Crippen LogP contribution in [-0.2, 0) is 0 Å². The Morgan fingerprint density at radius 2 is 2.10 bits per heavy atom. The Bertz CT molecular complexity index is 650. The van der Waals surface area contributed by atoms with Crippen molar-refractivity contribution in [3.63, 3.8) is 0 Å². The van der Waals surface area contributed by atoms with Crippen LogP contribution in [0.3, 0.4) is 0 Å². The zero-order valence-electron chi connectivity index (χ0n) is 10.7. The molecule has 1 fully saturated rings. The number of benzene rings is 1. The number of halogens is 1. The number of rotatable bonds is 3. The first-order valence-corrected chi connectivity index (χ1v) is 6.86. The Labute approximate surface area is 120 Å². The summed E-state index contributed by atoms with van der Waals surface area (Å²) in [5, 5.41) is 21.1. The molecule has 2 aromatic rings. The largest absolute Gasteiger partial charge is 0.478 e. The van der Waals surface area contributed by atoms with E-state index in [1.54, 1.807) is 10.7 Å². The van der Waals surface area contributed by atoms with Gasteiger partial charge in [-0.15, -0.1) is 5.10 Å². The number of carboxylic acids is 1. The molecule has 1 heterocycles. The van der Waals surface area contributed by atoms with Crippen molar-refractivity contribution in [3.05, 3.63) is 34.6 Å². The van der Waals surface area contributed by atoms with Crippen LogP contribution in [0.5, 0.6) is 0 Å². The predicted molar refractivity (Wildman–Crippen MR) is 72.3 cm³/mol. The highest BCUT2D eigenvalue weighted by Gasteiger charge is 2.24. The third-order valence-corrected chi connectivity index (χ3v) is 3.94. The number of aromatic nitrogens is 4. The average Bonchev–Trinajstić information content (AvgIpc) is 3.09. The Morgan fingerprint density at radius 1 is 1.35 bits per heavy atom. The molecule has 1 aliphatic carbocycles. The molecule has 104 valence electrons. The van der Waals surface area contributed by atoms with Crippen molar-refractivity contribution in [1.82, 2.24) is 20.2 Å². The van der Waals surface area contributed by atoms with E-state index in [0.29, 0.717) is 16.6 Å². The third kappa shape index (κ3) is 2.27. The van der Waals surface area contributed by atoms with Gasteiger partial charge in [-0.3, -0.25) is 0 Å². The number of hydrogen-bond acceptors (Lipinski definition) is 4. The molecule has 3 rings (SSSR count). The van der Waals surface area contributed by atoms with Crippen LogP contribution >= 0.6 is 11.6 Å². The molecule has 20 heavy (non-hydrogen) atoms. The van der Waals surface area contributed by atoms with Gasteiger partial charge in [0.15, 0.2) is 5.82 Å². The maximum atomic E-state index is 10.9. The van der Waals surface area contributed by atoms with Crippen molar-refractivity contribution in [1.29, 1.82) is 0 Å². The molecule has 0 aliphatic heterocycles. The predicted octanol–water partition coefficient (Wildman–Crippen LogP) is 2.67. The number of hydrogen-bond donors (Lipinski definition) is 1. The van der Waals surface area contributed by atoms with Gasteiger partial charge in [0.05, 0.1) is 16.3 Å². The first-order chi connectivity index (χ1) is 9.66. The third-order valence-electron chi connectivity index (χ3n) is 3.64. The molecule has 0 radical (unpaired) electrons. The fourth-order valence-electron chi connectivity index (χ4n) is 2.62. The van der Waals surface area contributed by atoms with Crippen LogP contribution in [0.2, 0.25) is 5.02 Å². The van der Waals surface area contributed by atoms with E-state index in [0.717, 1.165) is 18.7 Å². The zero-order valence-corrected chi connectivity index (χ0v) is 11.4. The number of tetrazole rings is 1. The molecular weight excluding hydrogens is 280 g/mol. The minimum atomic E-state index is -1.01. The van der Waals surface area contributed by atoms with Crippen molar-refractivity contribution < 1.29 is 9.90 Å². The van der Waals surface area contributed by atoms with E-state index < -0.39 is 5.97 Å². The van der Waals surface area contributed by atoms with Crippen LogP contribution < -0.4 is 0 Å². The fourth-order valence-corrected chi connectivity index (χ4v) is 2.88. The van der Waals surface area contributed by atoms with Crippen molar-refractivity contribution in [2.75, 3.05) is 0 Å². The van der Waals surface area contributed by atoms with E-state index in [2.05, 4.69) is 15.5 Å². The van der Waals surface area contributed by atoms with Crippen molar-refractivity contribution >= 4 is 17.6 Å². The summed E-state index contributed by atoms with van der Waals surface area (Å²) in [5.41, 5.74) is 0.762. The van der Waals surface area contributed by atoms with Gasteiger partial charge in [-0.2, -0.15) is 4.68 Å². The van der Waals surface area contributed by atoms with Crippen LogP contribution in [0, 0.1) is 0 Å². The summed E-state index contributed by atoms with van der Waals surface area (Å²) in [4.78, 5) is 10.9. The van der Waals surface area contributed by atoms with Crippen LogP contribution in [0.25, 0.3) is 5.69 Å². The average molecular weight is 293 g/mol. The van der Waals surface area contributed by atoms with Crippen molar-refractivity contribution in [2.45, 2.75) is 31.6 Å². The molecule has 1 aliphatic rings. The summed E-state index contributed by atoms with van der Waals surface area (Å²) in [6.07, 6.45) is 4.52. The number of carbonyl (C=O) groups is 1. The molecule has 0 spiro atoms. The topological polar surface area (TPSA) is 80.9 Å². The van der Waals surface area contributed by atoms with Gasteiger partial charge in [0.2, 0.25) is 0 Å². The minimum Gasteiger partial charge on any atom is -0.478 e. The second kappa shape index (κ2) is 5.20. The standard InChI is InChI=1S/C13H13ClN4O2/c14-10-7-9(13(19)20)5-6-11(10)18-12(15-16-17-18)8-3-1-2-4-8/h5-8H,1-4H2,(H,19,20). The molecule has 1 aromatic carbocycles. The Hall–Kier alpha value is -1.95. The SMILES string of the molecule is O=C(O)c1ccc(-n2nnnc2C2CCCC2)c(Cl)c1. The van der Waals surface area contributed by atoms with Gasteiger partial charge in [0, 0.05) is 5.92 Å². The molecule has 1 aromatic heterocycles. The van der Waals surface area contributed by atoms with E-state index in [9.17, 15) is 4.79 Å². The molecule has 7 heteroatoms. The number of carboxylic acid groups (broad SMARTS) is 1. The maximum Gasteiger partial charge on any atom is 0.335 e. The van der Waals surface area contributed by atoms with Crippen LogP contribution in [0.1, 0.15) is 47.8 Å². The van der Waals surface area contributed by atoms with Gasteiger partial charge in [-0.1, -0.05) is 24.4 Å². The Kier molecular flexibility index (Phi) is 3.40. The van der Waals surface area contributed by atoms with Gasteiger partial charge >= 0.3 is 5.97 Å². The highest BCUT2D eigenvalue weighted by atomic mass is 35.5. The van der Waals surface area contributed by atoms with Crippen LogP contribution in [0.4, 0.5) is 0 Å². The zero-order chi connectivity index (χ0) is 14.1. The Morgan fingerprint density at radius 3 is 2.75 bits per heavy atom. The van der Waals surface area contributed by atoms with E-state index in [-0.39, 0.29) is 5.56 Å².